The van der Waals surface area contributed by atoms with E-state index in [1.54, 1.807) is 0 Å². The molecule has 0 amide bonds. The molecule has 1 saturated carbocycles. The molecule has 0 radical (unpaired) electrons. The molecule has 0 aromatic heterocycles. The molecule has 1 heteroatoms. The van der Waals surface area contributed by atoms with Gasteiger partial charge in [0.1, 0.15) is 0 Å². The van der Waals surface area contributed by atoms with Gasteiger partial charge in [-0.3, -0.25) is 0 Å². The van der Waals surface area contributed by atoms with Crippen LogP contribution in [0, 0.1) is 11.3 Å². The summed E-state index contributed by atoms with van der Waals surface area (Å²) < 4.78 is 0. The summed E-state index contributed by atoms with van der Waals surface area (Å²) in [5.41, 5.74) is 6.73. The van der Waals surface area contributed by atoms with Crippen LogP contribution in [0.4, 0.5) is 0 Å². The minimum absolute atomic E-state index is 0.328. The molecule has 1 atom stereocenters. The van der Waals surface area contributed by atoms with E-state index in [1.165, 1.54) is 44.9 Å². The zero-order chi connectivity index (χ0) is 10.6. The molecule has 0 heterocycles. The summed E-state index contributed by atoms with van der Waals surface area (Å²) in [4.78, 5) is 0. The van der Waals surface area contributed by atoms with E-state index in [9.17, 15) is 0 Å². The van der Waals surface area contributed by atoms with E-state index in [0.29, 0.717) is 11.5 Å². The average Bonchev–Trinajstić information content (AvgIpc) is 2.44. The third-order valence-electron chi connectivity index (χ3n) is 4.22. The van der Waals surface area contributed by atoms with Gasteiger partial charge >= 0.3 is 0 Å². The Hall–Kier alpha value is -0.0400. The Balaban J connectivity index is 2.53. The topological polar surface area (TPSA) is 26.0 Å². The van der Waals surface area contributed by atoms with Crippen molar-refractivity contribution >= 4 is 0 Å². The summed E-state index contributed by atoms with van der Waals surface area (Å²) in [7, 11) is 0. The van der Waals surface area contributed by atoms with Crippen LogP contribution in [0.5, 0.6) is 0 Å². The summed E-state index contributed by atoms with van der Waals surface area (Å²) in [5, 5.41) is 0. The van der Waals surface area contributed by atoms with Gasteiger partial charge in [0.25, 0.3) is 0 Å². The van der Waals surface area contributed by atoms with Gasteiger partial charge in [-0.1, -0.05) is 46.5 Å². The van der Waals surface area contributed by atoms with Gasteiger partial charge in [0, 0.05) is 6.04 Å². The third-order valence-corrected chi connectivity index (χ3v) is 4.22. The quantitative estimate of drug-likeness (QED) is 0.686. The minimum Gasteiger partial charge on any atom is -0.327 e. The first-order chi connectivity index (χ1) is 6.58. The zero-order valence-electron chi connectivity index (χ0n) is 10.2. The second kappa shape index (κ2) is 5.16. The Bertz CT molecular complexity index is 155. The maximum Gasteiger partial charge on any atom is 0.0119 e. The number of hydrogen-bond acceptors (Lipinski definition) is 1. The van der Waals surface area contributed by atoms with Crippen molar-refractivity contribution in [3.05, 3.63) is 0 Å². The van der Waals surface area contributed by atoms with Crippen LogP contribution in [0.1, 0.15) is 65.7 Å². The molecule has 1 rings (SSSR count). The van der Waals surface area contributed by atoms with E-state index >= 15 is 0 Å². The molecule has 1 aliphatic rings. The normalized spacial score (nSPS) is 23.1. The molecule has 1 fully saturated rings. The Morgan fingerprint density at radius 1 is 1.14 bits per heavy atom. The van der Waals surface area contributed by atoms with Gasteiger partial charge in [-0.25, -0.2) is 0 Å². The molecule has 0 aromatic rings. The van der Waals surface area contributed by atoms with Gasteiger partial charge in [-0.05, 0) is 30.6 Å². The van der Waals surface area contributed by atoms with Crippen molar-refractivity contribution in [1.82, 2.24) is 0 Å². The van der Waals surface area contributed by atoms with Crippen LogP contribution in [0.15, 0.2) is 0 Å². The van der Waals surface area contributed by atoms with E-state index in [4.69, 9.17) is 5.73 Å². The van der Waals surface area contributed by atoms with Crippen LogP contribution < -0.4 is 5.73 Å². The highest BCUT2D eigenvalue weighted by atomic mass is 14.7. The monoisotopic (exact) mass is 197 g/mol. The summed E-state index contributed by atoms with van der Waals surface area (Å²) in [6.45, 7) is 6.90. The van der Waals surface area contributed by atoms with E-state index in [1.807, 2.05) is 0 Å². The maximum atomic E-state index is 6.41. The summed E-state index contributed by atoms with van der Waals surface area (Å²) in [6, 6.07) is 0.408. The predicted molar refractivity (Wildman–Crippen MR) is 63.2 cm³/mol. The first-order valence-corrected chi connectivity index (χ1v) is 6.33. The number of hydrogen-bond donors (Lipinski definition) is 1. The van der Waals surface area contributed by atoms with E-state index in [0.717, 1.165) is 5.92 Å². The van der Waals surface area contributed by atoms with Crippen molar-refractivity contribution in [1.29, 1.82) is 0 Å². The van der Waals surface area contributed by atoms with Crippen LogP contribution in [0.3, 0.4) is 0 Å². The molecule has 1 nitrogen and oxygen atoms in total. The molecule has 1 aliphatic carbocycles. The van der Waals surface area contributed by atoms with Gasteiger partial charge in [-0.2, -0.15) is 0 Å². The molecule has 84 valence electrons. The Kier molecular flexibility index (Phi) is 4.43. The first kappa shape index (κ1) is 12.0. The molecule has 14 heavy (non-hydrogen) atoms. The molecule has 0 aromatic carbocycles. The van der Waals surface area contributed by atoms with Crippen LogP contribution in [-0.4, -0.2) is 6.04 Å². The molecule has 0 aliphatic heterocycles. The lowest BCUT2D eigenvalue weighted by Crippen LogP contribution is -2.43. The van der Waals surface area contributed by atoms with Gasteiger partial charge in [0.2, 0.25) is 0 Å². The average molecular weight is 197 g/mol. The second-order valence-electron chi connectivity index (χ2n) is 5.62. The van der Waals surface area contributed by atoms with Crippen molar-refractivity contribution in [3.8, 4) is 0 Å². The van der Waals surface area contributed by atoms with Gasteiger partial charge in [0.15, 0.2) is 0 Å². The lowest BCUT2D eigenvalue weighted by molar-refractivity contribution is 0.192. The molecular weight excluding hydrogens is 170 g/mol. The van der Waals surface area contributed by atoms with Crippen LogP contribution in [-0.2, 0) is 0 Å². The standard InChI is InChI=1S/C13H27N/c1-4-13(2,3)12(14)11-9-7-5-6-8-10-11/h11-12H,4-10,14H2,1-3H3. The molecule has 2 N–H and O–H groups in total. The van der Waals surface area contributed by atoms with Crippen molar-refractivity contribution in [2.45, 2.75) is 71.8 Å². The molecule has 1 unspecified atom stereocenters. The lowest BCUT2D eigenvalue weighted by atomic mass is 9.74. The molecule has 0 bridgehead atoms. The predicted octanol–water partition coefficient (Wildman–Crippen LogP) is 3.72. The van der Waals surface area contributed by atoms with E-state index < -0.39 is 0 Å². The van der Waals surface area contributed by atoms with Crippen molar-refractivity contribution < 1.29 is 0 Å². The maximum absolute atomic E-state index is 6.41. The van der Waals surface area contributed by atoms with Crippen LogP contribution in [0.25, 0.3) is 0 Å². The molecular formula is C13H27N. The SMILES string of the molecule is CCC(C)(C)C(N)C1CCCCCC1. The fourth-order valence-corrected chi connectivity index (χ4v) is 2.54. The summed E-state index contributed by atoms with van der Waals surface area (Å²) in [6.07, 6.45) is 9.59. The third kappa shape index (κ3) is 2.98. The van der Waals surface area contributed by atoms with Crippen molar-refractivity contribution in [2.24, 2.45) is 17.1 Å². The smallest absolute Gasteiger partial charge is 0.0119 e. The van der Waals surface area contributed by atoms with Crippen molar-refractivity contribution in [3.63, 3.8) is 0 Å². The van der Waals surface area contributed by atoms with Gasteiger partial charge in [-0.15, -0.1) is 0 Å². The van der Waals surface area contributed by atoms with Crippen LogP contribution >= 0.6 is 0 Å². The lowest BCUT2D eigenvalue weighted by Gasteiger charge is -2.36. The van der Waals surface area contributed by atoms with Crippen LogP contribution in [0.2, 0.25) is 0 Å². The van der Waals surface area contributed by atoms with Gasteiger partial charge < -0.3 is 5.73 Å². The number of rotatable bonds is 3. The Labute approximate surface area is 89.5 Å². The highest BCUT2D eigenvalue weighted by molar-refractivity contribution is 4.86. The highest BCUT2D eigenvalue weighted by Gasteiger charge is 2.31. The largest absolute Gasteiger partial charge is 0.327 e. The summed E-state index contributed by atoms with van der Waals surface area (Å²) in [5.74, 6) is 0.785. The zero-order valence-corrected chi connectivity index (χ0v) is 10.2. The minimum atomic E-state index is 0.328. The molecule has 0 saturated heterocycles. The highest BCUT2D eigenvalue weighted by Crippen LogP contribution is 2.34. The fraction of sp³-hybridized carbons (Fsp3) is 1.00. The Morgan fingerprint density at radius 2 is 1.64 bits per heavy atom. The van der Waals surface area contributed by atoms with Gasteiger partial charge in [0.05, 0.1) is 0 Å². The fourth-order valence-electron chi connectivity index (χ4n) is 2.54. The summed E-state index contributed by atoms with van der Waals surface area (Å²) >= 11 is 0. The Morgan fingerprint density at radius 3 is 2.07 bits per heavy atom. The second-order valence-corrected chi connectivity index (χ2v) is 5.62. The van der Waals surface area contributed by atoms with Crippen molar-refractivity contribution in [2.75, 3.05) is 0 Å². The van der Waals surface area contributed by atoms with E-state index in [-0.39, 0.29) is 0 Å². The van der Waals surface area contributed by atoms with E-state index in [2.05, 4.69) is 20.8 Å². The number of nitrogens with two attached hydrogens (primary N) is 1. The molecule has 0 spiro atoms. The first-order valence-electron chi connectivity index (χ1n) is 6.33.